The highest BCUT2D eigenvalue weighted by Crippen LogP contribution is 2.26. The van der Waals surface area contributed by atoms with Gasteiger partial charge in [-0.2, -0.15) is 5.10 Å². The molecule has 0 saturated carbocycles. The van der Waals surface area contributed by atoms with Crippen LogP contribution in [0.2, 0.25) is 0 Å². The third kappa shape index (κ3) is 1.57. The van der Waals surface area contributed by atoms with E-state index in [1.54, 1.807) is 7.11 Å². The van der Waals surface area contributed by atoms with Crippen molar-refractivity contribution >= 4 is 10.9 Å². The molecule has 1 heterocycles. The van der Waals surface area contributed by atoms with Gasteiger partial charge in [0.1, 0.15) is 11.3 Å². The first kappa shape index (κ1) is 9.98. The van der Waals surface area contributed by atoms with Crippen molar-refractivity contribution in [3.8, 4) is 5.75 Å². The van der Waals surface area contributed by atoms with Gasteiger partial charge in [-0.3, -0.25) is 4.68 Å². The van der Waals surface area contributed by atoms with Crippen molar-refractivity contribution < 1.29 is 4.74 Å². The largest absolute Gasteiger partial charge is 0.494 e. The summed E-state index contributed by atoms with van der Waals surface area (Å²) < 4.78 is 7.18. The van der Waals surface area contributed by atoms with Crippen molar-refractivity contribution in [3.05, 3.63) is 23.9 Å². The van der Waals surface area contributed by atoms with Crippen LogP contribution >= 0.6 is 0 Å². The van der Waals surface area contributed by atoms with E-state index in [-0.39, 0.29) is 0 Å². The maximum atomic E-state index is 5.32. The van der Waals surface area contributed by atoms with Crippen LogP contribution in [0.1, 0.15) is 5.69 Å². The molecule has 0 bridgehead atoms. The average molecular weight is 205 g/mol. The minimum atomic E-state index is 0.768. The van der Waals surface area contributed by atoms with Gasteiger partial charge in [-0.05, 0) is 13.1 Å². The van der Waals surface area contributed by atoms with Crippen molar-refractivity contribution in [2.24, 2.45) is 7.05 Å². The summed E-state index contributed by atoms with van der Waals surface area (Å²) in [5, 5.41) is 8.72. The monoisotopic (exact) mass is 205 g/mol. The van der Waals surface area contributed by atoms with Gasteiger partial charge in [0.15, 0.2) is 0 Å². The van der Waals surface area contributed by atoms with Gasteiger partial charge in [-0.25, -0.2) is 0 Å². The molecule has 0 fully saturated rings. The number of nitrogens with one attached hydrogen (secondary N) is 1. The summed E-state index contributed by atoms with van der Waals surface area (Å²) >= 11 is 0. The number of benzene rings is 1. The number of aryl methyl sites for hydroxylation is 1. The number of para-hydroxylation sites is 1. The van der Waals surface area contributed by atoms with E-state index in [2.05, 4.69) is 16.5 Å². The molecule has 0 aliphatic heterocycles. The normalized spacial score (nSPS) is 10.9. The van der Waals surface area contributed by atoms with E-state index in [1.165, 1.54) is 0 Å². The molecule has 0 saturated heterocycles. The Morgan fingerprint density at radius 2 is 2.27 bits per heavy atom. The number of hydrogen-bond donors (Lipinski definition) is 1. The number of methoxy groups -OCH3 is 1. The molecular formula is C11H15N3O. The molecule has 0 spiro atoms. The van der Waals surface area contributed by atoms with Crippen molar-refractivity contribution in [1.82, 2.24) is 15.1 Å². The summed E-state index contributed by atoms with van der Waals surface area (Å²) in [6.45, 7) is 0.768. The van der Waals surface area contributed by atoms with Crippen LogP contribution in [-0.2, 0) is 13.6 Å². The Bertz CT molecular complexity index is 476. The summed E-state index contributed by atoms with van der Waals surface area (Å²) in [6, 6.07) is 6.01. The first-order valence-corrected chi connectivity index (χ1v) is 4.91. The van der Waals surface area contributed by atoms with Gasteiger partial charge in [0.05, 0.1) is 12.8 Å². The lowest BCUT2D eigenvalue weighted by Gasteiger charge is -2.02. The van der Waals surface area contributed by atoms with Gasteiger partial charge >= 0.3 is 0 Å². The van der Waals surface area contributed by atoms with Crippen molar-refractivity contribution in [1.29, 1.82) is 0 Å². The second-order valence-electron chi connectivity index (χ2n) is 3.46. The zero-order chi connectivity index (χ0) is 10.8. The lowest BCUT2D eigenvalue weighted by atomic mass is 10.2. The Kier molecular flexibility index (Phi) is 2.60. The molecule has 0 aliphatic rings. The summed E-state index contributed by atoms with van der Waals surface area (Å²) in [5.41, 5.74) is 2.10. The number of nitrogens with zero attached hydrogens (tertiary/aromatic N) is 2. The van der Waals surface area contributed by atoms with Gasteiger partial charge in [0, 0.05) is 19.0 Å². The van der Waals surface area contributed by atoms with E-state index < -0.39 is 0 Å². The topological polar surface area (TPSA) is 39.1 Å². The minimum absolute atomic E-state index is 0.768. The molecule has 15 heavy (non-hydrogen) atoms. The zero-order valence-electron chi connectivity index (χ0n) is 9.24. The molecule has 80 valence electrons. The predicted octanol–water partition coefficient (Wildman–Crippen LogP) is 1.30. The highest BCUT2D eigenvalue weighted by atomic mass is 16.5. The van der Waals surface area contributed by atoms with E-state index in [4.69, 9.17) is 4.74 Å². The maximum Gasteiger partial charge on any atom is 0.144 e. The lowest BCUT2D eigenvalue weighted by molar-refractivity contribution is 0.417. The molecule has 1 N–H and O–H groups in total. The molecule has 4 nitrogen and oxygen atoms in total. The molecule has 2 aromatic rings. The standard InChI is InChI=1S/C11H15N3O/c1-12-7-9-8-5-4-6-10(15-3)11(8)14(2)13-9/h4-6,12H,7H2,1-3H3. The fraction of sp³-hybridized carbons (Fsp3) is 0.364. The van der Waals surface area contributed by atoms with E-state index in [0.29, 0.717) is 0 Å². The summed E-state index contributed by atoms with van der Waals surface area (Å²) in [4.78, 5) is 0. The summed E-state index contributed by atoms with van der Waals surface area (Å²) in [7, 11) is 5.53. The van der Waals surface area contributed by atoms with Crippen molar-refractivity contribution in [2.75, 3.05) is 14.2 Å². The SMILES string of the molecule is CNCc1nn(C)c2c(OC)cccc12. The van der Waals surface area contributed by atoms with Crippen LogP contribution in [0.5, 0.6) is 5.75 Å². The molecule has 0 amide bonds. The highest BCUT2D eigenvalue weighted by molar-refractivity contribution is 5.87. The van der Waals surface area contributed by atoms with Crippen LogP contribution in [0.4, 0.5) is 0 Å². The lowest BCUT2D eigenvalue weighted by Crippen LogP contribution is -2.06. The van der Waals surface area contributed by atoms with Gasteiger partial charge in [-0.1, -0.05) is 12.1 Å². The van der Waals surface area contributed by atoms with E-state index >= 15 is 0 Å². The Morgan fingerprint density at radius 1 is 1.47 bits per heavy atom. The first-order valence-electron chi connectivity index (χ1n) is 4.91. The number of fused-ring (bicyclic) bond motifs is 1. The van der Waals surface area contributed by atoms with Crippen LogP contribution in [0.25, 0.3) is 10.9 Å². The zero-order valence-corrected chi connectivity index (χ0v) is 9.24. The fourth-order valence-corrected chi connectivity index (χ4v) is 1.84. The third-order valence-electron chi connectivity index (χ3n) is 2.47. The van der Waals surface area contributed by atoms with E-state index in [0.717, 1.165) is 28.9 Å². The first-order chi connectivity index (χ1) is 7.27. The highest BCUT2D eigenvalue weighted by Gasteiger charge is 2.11. The van der Waals surface area contributed by atoms with Crippen LogP contribution in [0, 0.1) is 0 Å². The van der Waals surface area contributed by atoms with Crippen molar-refractivity contribution in [2.45, 2.75) is 6.54 Å². The molecule has 1 aromatic carbocycles. The second-order valence-corrected chi connectivity index (χ2v) is 3.46. The summed E-state index contributed by atoms with van der Waals surface area (Å²) in [5.74, 6) is 0.866. The fourth-order valence-electron chi connectivity index (χ4n) is 1.84. The molecular weight excluding hydrogens is 190 g/mol. The van der Waals surface area contributed by atoms with Gasteiger partial charge in [-0.15, -0.1) is 0 Å². The van der Waals surface area contributed by atoms with Crippen LogP contribution in [0.15, 0.2) is 18.2 Å². The maximum absolute atomic E-state index is 5.32. The van der Waals surface area contributed by atoms with Crippen molar-refractivity contribution in [3.63, 3.8) is 0 Å². The molecule has 0 unspecified atom stereocenters. The van der Waals surface area contributed by atoms with Crippen LogP contribution in [-0.4, -0.2) is 23.9 Å². The van der Waals surface area contributed by atoms with Crippen LogP contribution < -0.4 is 10.1 Å². The molecule has 0 radical (unpaired) electrons. The Morgan fingerprint density at radius 3 is 2.93 bits per heavy atom. The Balaban J connectivity index is 2.68. The molecule has 4 heteroatoms. The number of aromatic nitrogens is 2. The molecule has 2 rings (SSSR count). The summed E-state index contributed by atoms with van der Waals surface area (Å²) in [6.07, 6.45) is 0. The van der Waals surface area contributed by atoms with Gasteiger partial charge in [0.2, 0.25) is 0 Å². The quantitative estimate of drug-likeness (QED) is 0.821. The average Bonchev–Trinajstić information content (AvgIpc) is 2.57. The minimum Gasteiger partial charge on any atom is -0.494 e. The molecule has 0 atom stereocenters. The van der Waals surface area contributed by atoms with Gasteiger partial charge < -0.3 is 10.1 Å². The Hall–Kier alpha value is -1.55. The van der Waals surface area contributed by atoms with Gasteiger partial charge in [0.25, 0.3) is 0 Å². The smallest absolute Gasteiger partial charge is 0.144 e. The Labute approximate surface area is 88.8 Å². The van der Waals surface area contributed by atoms with Crippen LogP contribution in [0.3, 0.4) is 0 Å². The molecule has 1 aromatic heterocycles. The predicted molar refractivity (Wildman–Crippen MR) is 60.0 cm³/mol. The number of hydrogen-bond acceptors (Lipinski definition) is 3. The second kappa shape index (κ2) is 3.90. The number of rotatable bonds is 3. The molecule has 0 aliphatic carbocycles. The third-order valence-corrected chi connectivity index (χ3v) is 2.47. The van der Waals surface area contributed by atoms with E-state index in [9.17, 15) is 0 Å². The van der Waals surface area contributed by atoms with E-state index in [1.807, 2.05) is 30.9 Å². The number of ether oxygens (including phenoxy) is 1.